The Balaban J connectivity index is 1.23. The van der Waals surface area contributed by atoms with Gasteiger partial charge in [0.15, 0.2) is 0 Å². The van der Waals surface area contributed by atoms with Crippen LogP contribution in [0.2, 0.25) is 0 Å². The van der Waals surface area contributed by atoms with Crippen molar-refractivity contribution in [3.05, 3.63) is 72.1 Å². The van der Waals surface area contributed by atoms with E-state index in [1.165, 1.54) is 0 Å². The van der Waals surface area contributed by atoms with E-state index in [9.17, 15) is 9.59 Å². The number of anilines is 2. The van der Waals surface area contributed by atoms with Crippen LogP contribution in [-0.4, -0.2) is 34.6 Å². The molecule has 1 aliphatic rings. The van der Waals surface area contributed by atoms with Crippen molar-refractivity contribution >= 4 is 45.2 Å². The first kappa shape index (κ1) is 27.4. The summed E-state index contributed by atoms with van der Waals surface area (Å²) in [5, 5.41) is 14.2. The third-order valence-electron chi connectivity index (χ3n) is 7.64. The van der Waals surface area contributed by atoms with E-state index >= 15 is 0 Å². The van der Waals surface area contributed by atoms with Crippen molar-refractivity contribution in [2.24, 2.45) is 10.8 Å². The standard InChI is InChI=1S/C32H38N6O2/c1-20-14-27(23-10-6-8-12-25(23)34-20)37-29(39)33-19-32(5)17-22(16-31(3,4)18-32)36-30(40)38-28-15-21(2)35-26-13-9-7-11-24(26)28/h6-15,22H,16-19H2,1-5H3,(H2,33,34,37,39)(H2,35,36,38,40)/t22-,32-/m0/s1. The molecule has 1 aliphatic carbocycles. The first-order valence-electron chi connectivity index (χ1n) is 13.8. The Morgan fingerprint density at radius 1 is 0.800 bits per heavy atom. The number of rotatable bonds is 5. The normalized spacial score (nSPS) is 20.2. The van der Waals surface area contributed by atoms with E-state index in [2.05, 4.69) is 52.0 Å². The largest absolute Gasteiger partial charge is 0.337 e. The first-order chi connectivity index (χ1) is 19.0. The third-order valence-corrected chi connectivity index (χ3v) is 7.64. The van der Waals surface area contributed by atoms with Crippen molar-refractivity contribution in [1.82, 2.24) is 20.6 Å². The smallest absolute Gasteiger partial charge is 0.319 e. The number of nitrogens with one attached hydrogen (secondary N) is 4. The minimum Gasteiger partial charge on any atom is -0.337 e. The van der Waals surface area contributed by atoms with E-state index in [0.29, 0.717) is 6.54 Å². The molecule has 5 rings (SSSR count). The fourth-order valence-electron chi connectivity index (χ4n) is 6.50. The van der Waals surface area contributed by atoms with Crippen LogP contribution >= 0.6 is 0 Å². The molecular weight excluding hydrogens is 500 g/mol. The van der Waals surface area contributed by atoms with E-state index < -0.39 is 0 Å². The number of pyridine rings is 2. The van der Waals surface area contributed by atoms with Gasteiger partial charge < -0.3 is 21.3 Å². The maximum absolute atomic E-state index is 13.1. The molecule has 8 nitrogen and oxygen atoms in total. The highest BCUT2D eigenvalue weighted by Crippen LogP contribution is 2.45. The average molecular weight is 539 g/mol. The summed E-state index contributed by atoms with van der Waals surface area (Å²) in [7, 11) is 0. The SMILES string of the molecule is Cc1cc(NC(=O)NC[C@@]2(C)C[C@@H](NC(=O)Nc3cc(C)nc4ccccc34)CC(C)(C)C2)c2ccccc2n1. The average Bonchev–Trinajstić information content (AvgIpc) is 2.86. The number of carbonyl (C=O) groups is 2. The van der Waals surface area contributed by atoms with Crippen molar-refractivity contribution in [3.63, 3.8) is 0 Å². The minimum absolute atomic E-state index is 0.00146. The number of amides is 4. The van der Waals surface area contributed by atoms with Crippen LogP contribution in [0.3, 0.4) is 0 Å². The maximum Gasteiger partial charge on any atom is 0.319 e. The summed E-state index contributed by atoms with van der Waals surface area (Å²) >= 11 is 0. The van der Waals surface area contributed by atoms with Crippen LogP contribution in [0.5, 0.6) is 0 Å². The highest BCUT2D eigenvalue weighted by Gasteiger charge is 2.42. The van der Waals surface area contributed by atoms with Gasteiger partial charge in [0.25, 0.3) is 0 Å². The summed E-state index contributed by atoms with van der Waals surface area (Å²) in [6.45, 7) is 11.0. The van der Waals surface area contributed by atoms with Gasteiger partial charge in [-0.15, -0.1) is 0 Å². The van der Waals surface area contributed by atoms with Crippen molar-refractivity contribution in [2.45, 2.75) is 59.9 Å². The molecule has 2 atom stereocenters. The number of aryl methyl sites for hydroxylation is 2. The van der Waals surface area contributed by atoms with Gasteiger partial charge >= 0.3 is 12.1 Å². The van der Waals surface area contributed by atoms with Crippen molar-refractivity contribution in [1.29, 1.82) is 0 Å². The Bertz CT molecular complexity index is 1580. The predicted octanol–water partition coefficient (Wildman–Crippen LogP) is 6.93. The van der Waals surface area contributed by atoms with Gasteiger partial charge in [0.05, 0.1) is 22.4 Å². The molecule has 0 saturated heterocycles. The lowest BCUT2D eigenvalue weighted by molar-refractivity contribution is 0.0761. The zero-order chi connectivity index (χ0) is 28.5. The van der Waals surface area contributed by atoms with Crippen LogP contribution in [0.25, 0.3) is 21.8 Å². The number of fused-ring (bicyclic) bond motifs is 2. The molecule has 0 spiro atoms. The third kappa shape index (κ3) is 6.33. The van der Waals surface area contributed by atoms with E-state index in [1.807, 2.05) is 74.5 Å². The number of urea groups is 2. The summed E-state index contributed by atoms with van der Waals surface area (Å²) in [6, 6.07) is 18.9. The van der Waals surface area contributed by atoms with E-state index in [4.69, 9.17) is 0 Å². The van der Waals surface area contributed by atoms with Gasteiger partial charge in [0.2, 0.25) is 0 Å². The van der Waals surface area contributed by atoms with E-state index in [0.717, 1.165) is 63.8 Å². The molecule has 0 unspecified atom stereocenters. The van der Waals surface area contributed by atoms with Gasteiger partial charge in [-0.25, -0.2) is 9.59 Å². The molecule has 1 saturated carbocycles. The van der Waals surface area contributed by atoms with Gasteiger partial charge in [0, 0.05) is 34.7 Å². The highest BCUT2D eigenvalue weighted by molar-refractivity contribution is 6.01. The fourth-order valence-corrected chi connectivity index (χ4v) is 6.50. The monoisotopic (exact) mass is 538 g/mol. The van der Waals surface area contributed by atoms with Gasteiger partial charge in [0.1, 0.15) is 0 Å². The summed E-state index contributed by atoms with van der Waals surface area (Å²) in [5.41, 5.74) is 4.69. The van der Waals surface area contributed by atoms with Crippen molar-refractivity contribution < 1.29 is 9.59 Å². The molecule has 0 radical (unpaired) electrons. The molecule has 4 amide bonds. The van der Waals surface area contributed by atoms with Crippen LogP contribution in [0.15, 0.2) is 60.7 Å². The van der Waals surface area contributed by atoms with Crippen LogP contribution < -0.4 is 21.3 Å². The van der Waals surface area contributed by atoms with Crippen LogP contribution in [-0.2, 0) is 0 Å². The summed E-state index contributed by atoms with van der Waals surface area (Å²) in [4.78, 5) is 35.2. The Labute approximate surface area is 235 Å². The van der Waals surface area contributed by atoms with Gasteiger partial charge in [-0.2, -0.15) is 0 Å². The zero-order valence-electron chi connectivity index (χ0n) is 23.9. The van der Waals surface area contributed by atoms with Gasteiger partial charge in [-0.05, 0) is 68.2 Å². The number of carbonyl (C=O) groups excluding carboxylic acids is 2. The highest BCUT2D eigenvalue weighted by atomic mass is 16.2. The number of para-hydroxylation sites is 2. The lowest BCUT2D eigenvalue weighted by Crippen LogP contribution is -2.51. The molecule has 4 N–H and O–H groups in total. The van der Waals surface area contributed by atoms with Crippen LogP contribution in [0, 0.1) is 24.7 Å². The number of benzene rings is 2. The van der Waals surface area contributed by atoms with Crippen molar-refractivity contribution in [3.8, 4) is 0 Å². The molecule has 208 valence electrons. The number of hydrogen-bond donors (Lipinski definition) is 4. The second kappa shape index (κ2) is 10.8. The van der Waals surface area contributed by atoms with Gasteiger partial charge in [-0.1, -0.05) is 57.2 Å². The molecule has 2 aromatic heterocycles. The Hall–Kier alpha value is -4.20. The lowest BCUT2D eigenvalue weighted by Gasteiger charge is -2.46. The zero-order valence-corrected chi connectivity index (χ0v) is 23.9. The van der Waals surface area contributed by atoms with Gasteiger partial charge in [-0.3, -0.25) is 9.97 Å². The Morgan fingerprint density at radius 2 is 1.32 bits per heavy atom. The summed E-state index contributed by atoms with van der Waals surface area (Å²) < 4.78 is 0. The molecule has 4 aromatic rings. The number of nitrogens with zero attached hydrogens (tertiary/aromatic N) is 2. The van der Waals surface area contributed by atoms with Crippen LogP contribution in [0.1, 0.15) is 51.4 Å². The second-order valence-electron chi connectivity index (χ2n) is 12.3. The number of hydrogen-bond acceptors (Lipinski definition) is 4. The summed E-state index contributed by atoms with van der Waals surface area (Å²) in [5.74, 6) is 0. The second-order valence-corrected chi connectivity index (χ2v) is 12.3. The minimum atomic E-state index is -0.248. The first-order valence-corrected chi connectivity index (χ1v) is 13.8. The summed E-state index contributed by atoms with van der Waals surface area (Å²) in [6.07, 6.45) is 2.56. The van der Waals surface area contributed by atoms with E-state index in [-0.39, 0.29) is 28.9 Å². The maximum atomic E-state index is 13.1. The molecule has 40 heavy (non-hydrogen) atoms. The van der Waals surface area contributed by atoms with E-state index in [1.54, 1.807) is 0 Å². The topological polar surface area (TPSA) is 108 Å². The molecule has 2 aromatic carbocycles. The molecule has 0 bridgehead atoms. The fraction of sp³-hybridized carbons (Fsp3) is 0.375. The Morgan fingerprint density at radius 3 is 1.90 bits per heavy atom. The Kier molecular flexibility index (Phi) is 7.36. The lowest BCUT2D eigenvalue weighted by atomic mass is 9.62. The molecule has 0 aliphatic heterocycles. The van der Waals surface area contributed by atoms with Crippen molar-refractivity contribution in [2.75, 3.05) is 17.2 Å². The quantitative estimate of drug-likeness (QED) is 0.221. The number of aromatic nitrogens is 2. The molecular formula is C32H38N6O2. The van der Waals surface area contributed by atoms with Crippen LogP contribution in [0.4, 0.5) is 21.0 Å². The molecule has 2 heterocycles. The molecule has 8 heteroatoms. The predicted molar refractivity (Wildman–Crippen MR) is 162 cm³/mol. The molecule has 1 fully saturated rings.